The first-order valence-corrected chi connectivity index (χ1v) is 9.10. The van der Waals surface area contributed by atoms with Crippen molar-refractivity contribution in [1.82, 2.24) is 14.1 Å². The number of hydrogen-bond donors (Lipinski definition) is 1. The van der Waals surface area contributed by atoms with Crippen molar-refractivity contribution in [3.8, 4) is 22.8 Å². The number of methoxy groups -OCH3 is 1. The van der Waals surface area contributed by atoms with Gasteiger partial charge in [-0.15, -0.1) is 0 Å². The van der Waals surface area contributed by atoms with Crippen molar-refractivity contribution in [2.45, 2.75) is 33.9 Å². The van der Waals surface area contributed by atoms with Gasteiger partial charge >= 0.3 is 11.4 Å². The lowest BCUT2D eigenvalue weighted by molar-refractivity contribution is -0.374. The topological polar surface area (TPSA) is 109 Å². The average molecular weight is 387 g/mol. The number of aromatic nitrogens is 4. The van der Waals surface area contributed by atoms with Crippen molar-refractivity contribution in [3.63, 3.8) is 0 Å². The quantitative estimate of drug-likeness (QED) is 0.672. The van der Waals surface area contributed by atoms with Gasteiger partial charge in [0.1, 0.15) is 5.69 Å². The Morgan fingerprint density at radius 2 is 1.75 bits per heavy atom. The maximum atomic E-state index is 13.0. The van der Waals surface area contributed by atoms with Gasteiger partial charge in [0, 0.05) is 12.1 Å². The molecule has 0 aliphatic rings. The van der Waals surface area contributed by atoms with Gasteiger partial charge < -0.3 is 9.47 Å². The molecule has 3 aromatic rings. The number of H-pyrrole nitrogens is 2. The van der Waals surface area contributed by atoms with E-state index in [0.29, 0.717) is 35.9 Å². The molecule has 0 aliphatic heterocycles. The lowest BCUT2D eigenvalue weighted by Crippen LogP contribution is -2.45. The van der Waals surface area contributed by atoms with Crippen LogP contribution >= 0.6 is 0 Å². The first kappa shape index (κ1) is 19.4. The number of fused-ring (bicyclic) bond motifs is 1. The van der Waals surface area contributed by atoms with E-state index in [4.69, 9.17) is 9.47 Å². The van der Waals surface area contributed by atoms with E-state index in [1.807, 2.05) is 6.92 Å². The highest BCUT2D eigenvalue weighted by Gasteiger charge is 2.23. The molecule has 9 nitrogen and oxygen atoms in total. The van der Waals surface area contributed by atoms with Gasteiger partial charge in [-0.25, -0.2) is 28.7 Å². The normalized spacial score (nSPS) is 11.0. The second-order valence-electron chi connectivity index (χ2n) is 6.05. The van der Waals surface area contributed by atoms with Gasteiger partial charge in [0.25, 0.3) is 5.56 Å². The molecule has 0 saturated carbocycles. The van der Waals surface area contributed by atoms with Crippen LogP contribution in [0, 0.1) is 0 Å². The molecule has 0 amide bonds. The third kappa shape index (κ3) is 3.08. The van der Waals surface area contributed by atoms with E-state index in [-0.39, 0.29) is 17.6 Å². The largest absolute Gasteiger partial charge is 0.493 e. The summed E-state index contributed by atoms with van der Waals surface area (Å²) in [5, 5.41) is 0.231. The number of aromatic amines is 2. The van der Waals surface area contributed by atoms with E-state index in [2.05, 4.69) is 9.97 Å². The number of hydrogen-bond acceptors (Lipinski definition) is 5. The minimum atomic E-state index is -0.523. The van der Waals surface area contributed by atoms with Crippen LogP contribution in [0.4, 0.5) is 0 Å². The Labute approximate surface area is 160 Å². The molecule has 0 saturated heterocycles. The summed E-state index contributed by atoms with van der Waals surface area (Å²) in [5.74, 6) is 1.03. The van der Waals surface area contributed by atoms with Crippen LogP contribution in [0.15, 0.2) is 32.6 Å². The molecule has 2 N–H and O–H groups in total. The van der Waals surface area contributed by atoms with Crippen LogP contribution in [0.5, 0.6) is 11.5 Å². The van der Waals surface area contributed by atoms with Crippen LogP contribution in [-0.2, 0) is 13.1 Å². The van der Waals surface area contributed by atoms with Gasteiger partial charge in [0.2, 0.25) is 5.65 Å². The second-order valence-corrected chi connectivity index (χ2v) is 6.05. The molecule has 0 unspecified atom stereocenters. The third-order valence-electron chi connectivity index (χ3n) is 4.53. The molecule has 0 atom stereocenters. The fourth-order valence-corrected chi connectivity index (χ4v) is 3.26. The molecule has 0 fully saturated rings. The Balaban J connectivity index is 2.44. The number of benzene rings is 1. The molecule has 0 aliphatic carbocycles. The van der Waals surface area contributed by atoms with Crippen molar-refractivity contribution < 1.29 is 14.5 Å². The first-order chi connectivity index (χ1) is 13.5. The van der Waals surface area contributed by atoms with Gasteiger partial charge in [-0.1, -0.05) is 0 Å². The predicted molar refractivity (Wildman–Crippen MR) is 104 cm³/mol. The summed E-state index contributed by atoms with van der Waals surface area (Å²) in [6.07, 6.45) is 0. The summed E-state index contributed by atoms with van der Waals surface area (Å²) in [6.45, 7) is 6.37. The Morgan fingerprint density at radius 1 is 1.04 bits per heavy atom. The molecule has 1 aromatic carbocycles. The zero-order valence-corrected chi connectivity index (χ0v) is 16.3. The van der Waals surface area contributed by atoms with Crippen LogP contribution < -0.4 is 31.4 Å². The summed E-state index contributed by atoms with van der Waals surface area (Å²) in [4.78, 5) is 43.2. The number of ether oxygens (including phenoxy) is 2. The monoisotopic (exact) mass is 387 g/mol. The zero-order valence-electron chi connectivity index (χ0n) is 16.3. The number of rotatable bonds is 6. The molecule has 2 aromatic heterocycles. The highest BCUT2D eigenvalue weighted by molar-refractivity contribution is 5.88. The summed E-state index contributed by atoms with van der Waals surface area (Å²) in [6, 6.07) is 5.13. The molecule has 28 heavy (non-hydrogen) atoms. The minimum absolute atomic E-state index is 0.189. The van der Waals surface area contributed by atoms with Crippen LogP contribution in [-0.4, -0.2) is 27.8 Å². The van der Waals surface area contributed by atoms with E-state index in [1.165, 1.54) is 11.7 Å². The van der Waals surface area contributed by atoms with E-state index >= 15 is 0 Å². The Hall–Kier alpha value is -3.36. The van der Waals surface area contributed by atoms with Crippen molar-refractivity contribution in [2.24, 2.45) is 0 Å². The molecule has 9 heteroatoms. The number of nitrogens with zero attached hydrogens (tertiary/aromatic N) is 2. The fraction of sp³-hybridized carbons (Fsp3) is 0.368. The Morgan fingerprint density at radius 3 is 2.36 bits per heavy atom. The van der Waals surface area contributed by atoms with Gasteiger partial charge in [0.15, 0.2) is 16.9 Å². The van der Waals surface area contributed by atoms with Gasteiger partial charge in [-0.05, 0) is 39.0 Å². The first-order valence-electron chi connectivity index (χ1n) is 9.10. The van der Waals surface area contributed by atoms with Crippen LogP contribution in [0.25, 0.3) is 22.3 Å². The van der Waals surface area contributed by atoms with Crippen LogP contribution in [0.2, 0.25) is 0 Å². The molecule has 0 bridgehead atoms. The van der Waals surface area contributed by atoms with Gasteiger partial charge in [0.05, 0.1) is 20.3 Å². The maximum Gasteiger partial charge on any atom is 0.439 e. The average Bonchev–Trinajstić information content (AvgIpc) is 2.68. The van der Waals surface area contributed by atoms with Gasteiger partial charge in [-0.3, -0.25) is 4.79 Å². The van der Waals surface area contributed by atoms with Crippen molar-refractivity contribution in [1.29, 1.82) is 0 Å². The van der Waals surface area contributed by atoms with Crippen LogP contribution in [0.1, 0.15) is 20.8 Å². The molecule has 2 heterocycles. The minimum Gasteiger partial charge on any atom is -0.493 e. The third-order valence-corrected chi connectivity index (χ3v) is 4.53. The molecule has 0 radical (unpaired) electrons. The summed E-state index contributed by atoms with van der Waals surface area (Å²) >= 11 is 0. The van der Waals surface area contributed by atoms with E-state index in [0.717, 1.165) is 4.57 Å². The molecular formula is C19H23N4O5+. The molecule has 3 rings (SSSR count). The van der Waals surface area contributed by atoms with Crippen molar-refractivity contribution in [2.75, 3.05) is 13.7 Å². The van der Waals surface area contributed by atoms with E-state index < -0.39 is 16.9 Å². The van der Waals surface area contributed by atoms with E-state index in [1.54, 1.807) is 32.0 Å². The predicted octanol–water partition coefficient (Wildman–Crippen LogP) is 0.780. The number of aryl methyl sites for hydroxylation is 1. The van der Waals surface area contributed by atoms with Crippen molar-refractivity contribution >= 4 is 11.0 Å². The lowest BCUT2D eigenvalue weighted by Gasteiger charge is -2.12. The SMILES string of the molecule is CCOc1ccc(-c2[nH]c(=O)[nH+]c3c2c(=O)n(CC)c(=O)n3CC)cc1OC. The highest BCUT2D eigenvalue weighted by atomic mass is 16.5. The van der Waals surface area contributed by atoms with Crippen LogP contribution in [0.3, 0.4) is 0 Å². The highest BCUT2D eigenvalue weighted by Crippen LogP contribution is 2.32. The number of nitrogens with one attached hydrogen (secondary N) is 2. The molecule has 0 spiro atoms. The van der Waals surface area contributed by atoms with E-state index in [9.17, 15) is 14.4 Å². The molecular weight excluding hydrogens is 364 g/mol. The smallest absolute Gasteiger partial charge is 0.439 e. The van der Waals surface area contributed by atoms with Crippen molar-refractivity contribution in [3.05, 3.63) is 49.5 Å². The maximum absolute atomic E-state index is 13.0. The summed E-state index contributed by atoms with van der Waals surface area (Å²) in [5.41, 5.74) is -0.381. The zero-order chi connectivity index (χ0) is 20.4. The summed E-state index contributed by atoms with van der Waals surface area (Å²) in [7, 11) is 1.51. The lowest BCUT2D eigenvalue weighted by atomic mass is 10.1. The standard InChI is InChI=1S/C19H22N4O5/c1-5-22-16-14(17(24)23(6-2)19(22)26)15(20-18(25)21-16)11-8-9-12(28-7-3)13(10-11)27-4/h8-10H,5-7H2,1-4H3,(H,20,21,25)/p+1. The van der Waals surface area contributed by atoms with Gasteiger partial charge in [-0.2, -0.15) is 0 Å². The Bertz CT molecular complexity index is 1210. The molecule has 148 valence electrons. The second kappa shape index (κ2) is 7.71. The fourth-order valence-electron chi connectivity index (χ4n) is 3.26. The Kier molecular flexibility index (Phi) is 5.34. The summed E-state index contributed by atoms with van der Waals surface area (Å²) < 4.78 is 13.4.